The van der Waals surface area contributed by atoms with Crippen molar-refractivity contribution in [2.24, 2.45) is 0 Å². The summed E-state index contributed by atoms with van der Waals surface area (Å²) >= 11 is 0. The number of benzene rings is 3. The van der Waals surface area contributed by atoms with Gasteiger partial charge in [-0.15, -0.1) is 0 Å². The number of hydrazine groups is 1. The first kappa shape index (κ1) is 17.3. The zero-order valence-corrected chi connectivity index (χ0v) is 15.7. The lowest BCUT2D eigenvalue weighted by atomic mass is 9.86. The minimum atomic E-state index is -0.485. The van der Waals surface area contributed by atoms with Crippen molar-refractivity contribution < 1.29 is 19.2 Å². The van der Waals surface area contributed by atoms with Gasteiger partial charge in [-0.25, -0.2) is 14.9 Å². The number of para-hydroxylation sites is 1. The number of hydrogen-bond acceptors (Lipinski definition) is 5. The molecule has 0 N–H and O–H groups in total. The minimum absolute atomic E-state index is 0.294. The molecule has 0 saturated heterocycles. The Bertz CT molecular complexity index is 1190. The van der Waals surface area contributed by atoms with E-state index in [1.165, 1.54) is 5.01 Å². The van der Waals surface area contributed by atoms with Crippen LogP contribution in [0.15, 0.2) is 54.6 Å². The van der Waals surface area contributed by atoms with Crippen LogP contribution in [-0.2, 0) is 0 Å². The average Bonchev–Trinajstić information content (AvgIpc) is 2.71. The van der Waals surface area contributed by atoms with Gasteiger partial charge in [0.05, 0.1) is 16.8 Å². The minimum Gasteiger partial charge on any atom is -0.268 e. The van der Waals surface area contributed by atoms with Gasteiger partial charge in [0.2, 0.25) is 0 Å². The summed E-state index contributed by atoms with van der Waals surface area (Å²) in [4.78, 5) is 53.3. The molecule has 7 nitrogen and oxygen atoms in total. The summed E-state index contributed by atoms with van der Waals surface area (Å²) in [6.45, 7) is 0. The lowest BCUT2D eigenvalue weighted by Crippen LogP contribution is -2.49. The van der Waals surface area contributed by atoms with E-state index in [1.807, 2.05) is 0 Å². The molecule has 29 heavy (non-hydrogen) atoms. The van der Waals surface area contributed by atoms with E-state index in [0.717, 1.165) is 9.91 Å². The molecular weight excluding hydrogens is 370 g/mol. The second kappa shape index (κ2) is 5.83. The number of carbonyl (C=O) groups excluding carboxylic acids is 4. The molecule has 3 aromatic rings. The van der Waals surface area contributed by atoms with E-state index in [1.54, 1.807) is 68.7 Å². The summed E-state index contributed by atoms with van der Waals surface area (Å²) in [6, 6.07) is 14.9. The Kier molecular flexibility index (Phi) is 3.47. The highest BCUT2D eigenvalue weighted by atomic mass is 16.2. The van der Waals surface area contributed by atoms with Crippen LogP contribution in [0.1, 0.15) is 41.4 Å². The van der Waals surface area contributed by atoms with E-state index in [0.29, 0.717) is 38.7 Å². The summed E-state index contributed by atoms with van der Waals surface area (Å²) in [7, 11) is 3.21. The monoisotopic (exact) mass is 385 g/mol. The molecule has 0 fully saturated rings. The van der Waals surface area contributed by atoms with Crippen molar-refractivity contribution in [1.29, 1.82) is 0 Å². The van der Waals surface area contributed by atoms with Gasteiger partial charge in [0.25, 0.3) is 23.6 Å². The number of anilines is 1. The van der Waals surface area contributed by atoms with Gasteiger partial charge in [-0.1, -0.05) is 18.2 Å². The summed E-state index contributed by atoms with van der Waals surface area (Å²) < 4.78 is 0. The highest BCUT2D eigenvalue weighted by molar-refractivity contribution is 6.39. The zero-order chi connectivity index (χ0) is 20.4. The third-order valence-electron chi connectivity index (χ3n) is 5.29. The van der Waals surface area contributed by atoms with E-state index in [9.17, 15) is 19.2 Å². The summed E-state index contributed by atoms with van der Waals surface area (Å²) in [5, 5.41) is 3.19. The fourth-order valence-electron chi connectivity index (χ4n) is 4.04. The van der Waals surface area contributed by atoms with Crippen molar-refractivity contribution in [3.63, 3.8) is 0 Å². The van der Waals surface area contributed by atoms with Crippen LogP contribution in [0.5, 0.6) is 0 Å². The highest BCUT2D eigenvalue weighted by Crippen LogP contribution is 2.38. The van der Waals surface area contributed by atoms with Gasteiger partial charge in [-0.05, 0) is 36.4 Å². The molecule has 4 amide bonds. The number of nitrogens with zero attached hydrogens (tertiary/aromatic N) is 3. The van der Waals surface area contributed by atoms with Gasteiger partial charge >= 0.3 is 0 Å². The Morgan fingerprint density at radius 3 is 1.41 bits per heavy atom. The van der Waals surface area contributed by atoms with Crippen molar-refractivity contribution >= 4 is 40.1 Å². The van der Waals surface area contributed by atoms with Crippen molar-refractivity contribution in [1.82, 2.24) is 10.0 Å². The Morgan fingerprint density at radius 2 is 1.00 bits per heavy atom. The first-order valence-electron chi connectivity index (χ1n) is 9.01. The Balaban J connectivity index is 1.80. The van der Waals surface area contributed by atoms with E-state index in [2.05, 4.69) is 0 Å². The van der Waals surface area contributed by atoms with Crippen molar-refractivity contribution in [3.05, 3.63) is 76.9 Å². The topological polar surface area (TPSA) is 78.0 Å². The molecule has 5 rings (SSSR count). The predicted molar refractivity (Wildman–Crippen MR) is 106 cm³/mol. The Morgan fingerprint density at radius 1 is 0.586 bits per heavy atom. The molecule has 0 unspecified atom stereocenters. The number of rotatable bonds is 2. The molecule has 3 aromatic carbocycles. The van der Waals surface area contributed by atoms with E-state index in [4.69, 9.17) is 0 Å². The summed E-state index contributed by atoms with van der Waals surface area (Å²) in [6.07, 6.45) is 0. The molecule has 142 valence electrons. The van der Waals surface area contributed by atoms with Gasteiger partial charge in [-0.2, -0.15) is 0 Å². The quantitative estimate of drug-likeness (QED) is 0.634. The largest absolute Gasteiger partial charge is 0.276 e. The Hall–Kier alpha value is -3.84. The van der Waals surface area contributed by atoms with Gasteiger partial charge in [0.1, 0.15) is 0 Å². The number of carbonyl (C=O) groups is 4. The first-order chi connectivity index (χ1) is 13.9. The second-order valence-electron chi connectivity index (χ2n) is 7.12. The highest BCUT2D eigenvalue weighted by Gasteiger charge is 2.40. The fraction of sp³-hybridized carbons (Fsp3) is 0.0909. The van der Waals surface area contributed by atoms with Crippen LogP contribution in [0, 0.1) is 0 Å². The van der Waals surface area contributed by atoms with E-state index >= 15 is 0 Å². The molecule has 2 aliphatic heterocycles. The van der Waals surface area contributed by atoms with E-state index < -0.39 is 23.6 Å². The third kappa shape index (κ3) is 2.16. The number of amides is 4. The first-order valence-corrected chi connectivity index (χ1v) is 9.01. The Labute approximate surface area is 165 Å². The SMILES string of the molecule is CN(C)N1C(=O)c2ccc3c4c(ccc(c24)C1=O)C(=O)N(c1ccccc1)C3=O. The molecular formula is C22H15N3O4. The molecule has 0 atom stereocenters. The van der Waals surface area contributed by atoms with Crippen molar-refractivity contribution in [3.8, 4) is 0 Å². The predicted octanol–water partition coefficient (Wildman–Crippen LogP) is 2.71. The van der Waals surface area contributed by atoms with Gasteiger partial charge in [-0.3, -0.25) is 19.2 Å². The van der Waals surface area contributed by atoms with Crippen LogP contribution < -0.4 is 4.90 Å². The smallest absolute Gasteiger partial charge is 0.268 e. The normalized spacial score (nSPS) is 15.7. The third-order valence-corrected chi connectivity index (χ3v) is 5.29. The van der Waals surface area contributed by atoms with E-state index in [-0.39, 0.29) is 0 Å². The molecule has 7 heteroatoms. The van der Waals surface area contributed by atoms with Crippen LogP contribution in [-0.4, -0.2) is 47.7 Å². The van der Waals surface area contributed by atoms with Crippen molar-refractivity contribution in [2.75, 3.05) is 19.0 Å². The average molecular weight is 385 g/mol. The van der Waals surface area contributed by atoms with Crippen LogP contribution in [0.4, 0.5) is 5.69 Å². The molecule has 2 aliphatic rings. The molecule has 0 spiro atoms. The van der Waals surface area contributed by atoms with Crippen LogP contribution >= 0.6 is 0 Å². The standard InChI is InChI=1S/C22H15N3O4/c1-23(2)25-21(28)15-10-8-13-17-14(9-11-16(18(15)17)22(25)29)20(27)24(19(13)26)12-6-4-3-5-7-12/h3-11H,1-2H3. The lowest BCUT2D eigenvalue weighted by Gasteiger charge is -2.34. The maximum Gasteiger partial charge on any atom is 0.276 e. The molecule has 0 bridgehead atoms. The molecule has 0 radical (unpaired) electrons. The fourth-order valence-corrected chi connectivity index (χ4v) is 4.04. The molecule has 2 heterocycles. The van der Waals surface area contributed by atoms with Crippen LogP contribution in [0.25, 0.3) is 10.8 Å². The van der Waals surface area contributed by atoms with Crippen molar-refractivity contribution in [2.45, 2.75) is 0 Å². The lowest BCUT2D eigenvalue weighted by molar-refractivity contribution is 0.0182. The maximum atomic E-state index is 13.2. The molecule has 0 aliphatic carbocycles. The second-order valence-corrected chi connectivity index (χ2v) is 7.12. The summed E-state index contributed by atoms with van der Waals surface area (Å²) in [5.41, 5.74) is 1.64. The molecule has 0 saturated carbocycles. The van der Waals surface area contributed by atoms with Crippen LogP contribution in [0.2, 0.25) is 0 Å². The number of imide groups is 2. The zero-order valence-electron chi connectivity index (χ0n) is 15.7. The van der Waals surface area contributed by atoms with Gasteiger partial charge in [0, 0.05) is 36.0 Å². The number of hydrogen-bond donors (Lipinski definition) is 0. The molecule has 0 aromatic heterocycles. The van der Waals surface area contributed by atoms with Gasteiger partial charge < -0.3 is 0 Å². The van der Waals surface area contributed by atoms with Crippen LogP contribution in [0.3, 0.4) is 0 Å². The van der Waals surface area contributed by atoms with Gasteiger partial charge in [0.15, 0.2) is 0 Å². The summed E-state index contributed by atoms with van der Waals surface area (Å²) in [5.74, 6) is -1.93. The maximum absolute atomic E-state index is 13.2.